The van der Waals surface area contributed by atoms with Crippen molar-refractivity contribution in [2.24, 2.45) is 5.92 Å². The van der Waals surface area contributed by atoms with Crippen LogP contribution in [0.4, 0.5) is 13.2 Å². The summed E-state index contributed by atoms with van der Waals surface area (Å²) in [5.41, 5.74) is 3.54. The number of halogens is 3. The number of benzene rings is 2. The lowest BCUT2D eigenvalue weighted by atomic mass is 9.97. The summed E-state index contributed by atoms with van der Waals surface area (Å²) in [6.07, 6.45) is 6.02. The molecule has 1 N–H and O–H groups in total. The number of imidazole rings is 1. The molecule has 33 heavy (non-hydrogen) atoms. The number of carbonyl (C=O) groups is 1. The Morgan fingerprint density at radius 1 is 1.12 bits per heavy atom. The van der Waals surface area contributed by atoms with Gasteiger partial charge in [0.05, 0.1) is 17.4 Å². The number of nitrogens with zero attached hydrogens (tertiary/aromatic N) is 3. The van der Waals surface area contributed by atoms with E-state index in [-0.39, 0.29) is 17.6 Å². The number of rotatable bonds is 4. The molecule has 1 unspecified atom stereocenters. The van der Waals surface area contributed by atoms with Gasteiger partial charge in [-0.25, -0.2) is 18.2 Å². The third-order valence-electron chi connectivity index (χ3n) is 6.31. The van der Waals surface area contributed by atoms with Gasteiger partial charge in [-0.05, 0) is 36.1 Å². The van der Waals surface area contributed by atoms with Crippen molar-refractivity contribution >= 4 is 33.4 Å². The van der Waals surface area contributed by atoms with Crippen molar-refractivity contribution in [1.29, 1.82) is 0 Å². The van der Waals surface area contributed by atoms with Gasteiger partial charge in [-0.15, -0.1) is 0 Å². The number of aromatic amines is 1. The Morgan fingerprint density at radius 3 is 2.64 bits per heavy atom. The Kier molecular flexibility index (Phi) is 5.23. The minimum atomic E-state index is -0.969. The van der Waals surface area contributed by atoms with Crippen LogP contribution in [-0.2, 0) is 4.79 Å². The number of carbonyl (C=O) groups excluding carboxylic acids is 1. The first-order valence-electron chi connectivity index (χ1n) is 10.9. The summed E-state index contributed by atoms with van der Waals surface area (Å²) >= 11 is 0. The fraction of sp³-hybridized carbons (Fsp3) is 0.280. The van der Waals surface area contributed by atoms with Gasteiger partial charge in [0, 0.05) is 47.9 Å². The second-order valence-electron chi connectivity index (χ2n) is 8.75. The monoisotopic (exact) mass is 452 g/mol. The first kappa shape index (κ1) is 21.3. The molecule has 1 amide bonds. The Bertz CT molecular complexity index is 1400. The summed E-state index contributed by atoms with van der Waals surface area (Å²) in [6.45, 7) is 4.80. The molecule has 0 radical (unpaired) electrons. The summed E-state index contributed by atoms with van der Waals surface area (Å²) in [5.74, 6) is -2.40. The van der Waals surface area contributed by atoms with E-state index >= 15 is 0 Å². The number of H-pyrrole nitrogens is 1. The van der Waals surface area contributed by atoms with Crippen LogP contribution in [0.25, 0.3) is 27.5 Å². The molecular weight excluding hydrogens is 429 g/mol. The van der Waals surface area contributed by atoms with Crippen LogP contribution in [0.5, 0.6) is 0 Å². The standard InChI is InChI=1S/C25H23F3N4O/c1-14(2)24(32-13-30-22-10-19(27)20(28)11-23(22)32)25(33)31-7-5-15(6-8-31)18-12-29-21-9-16(26)3-4-17(18)21/h3-5,9-14,24,29H,6-8H2,1-2H3. The summed E-state index contributed by atoms with van der Waals surface area (Å²) in [4.78, 5) is 22.6. The van der Waals surface area contributed by atoms with Gasteiger partial charge in [0.1, 0.15) is 11.9 Å². The Morgan fingerprint density at radius 2 is 1.91 bits per heavy atom. The van der Waals surface area contributed by atoms with E-state index in [1.54, 1.807) is 15.5 Å². The molecule has 3 heterocycles. The number of hydrogen-bond acceptors (Lipinski definition) is 2. The highest BCUT2D eigenvalue weighted by molar-refractivity contribution is 5.93. The smallest absolute Gasteiger partial charge is 0.246 e. The molecule has 2 aromatic carbocycles. The highest BCUT2D eigenvalue weighted by Crippen LogP contribution is 2.32. The van der Waals surface area contributed by atoms with Gasteiger partial charge in [0.2, 0.25) is 5.91 Å². The molecule has 0 saturated heterocycles. The van der Waals surface area contributed by atoms with Gasteiger partial charge in [-0.1, -0.05) is 19.9 Å². The van der Waals surface area contributed by atoms with Gasteiger partial charge in [-0.2, -0.15) is 0 Å². The second kappa shape index (κ2) is 8.10. The molecule has 1 atom stereocenters. The molecule has 1 aliphatic heterocycles. The number of nitrogens with one attached hydrogen (secondary N) is 1. The van der Waals surface area contributed by atoms with Gasteiger partial charge in [0.25, 0.3) is 0 Å². The van der Waals surface area contributed by atoms with Crippen LogP contribution in [0.1, 0.15) is 31.9 Å². The van der Waals surface area contributed by atoms with Gasteiger partial charge in [-0.3, -0.25) is 4.79 Å². The van der Waals surface area contributed by atoms with Crippen LogP contribution in [0.3, 0.4) is 0 Å². The minimum absolute atomic E-state index is 0.0862. The molecule has 0 spiro atoms. The summed E-state index contributed by atoms with van der Waals surface area (Å²) in [6, 6.07) is 6.22. The maximum Gasteiger partial charge on any atom is 0.246 e. The van der Waals surface area contributed by atoms with Crippen LogP contribution in [-0.4, -0.2) is 38.4 Å². The molecule has 2 aromatic heterocycles. The Hall–Kier alpha value is -3.55. The molecule has 8 heteroatoms. The van der Waals surface area contributed by atoms with E-state index in [1.165, 1.54) is 18.5 Å². The maximum atomic E-state index is 13.9. The van der Waals surface area contributed by atoms with Crippen LogP contribution < -0.4 is 0 Å². The number of fused-ring (bicyclic) bond motifs is 2. The summed E-state index contributed by atoms with van der Waals surface area (Å²) < 4.78 is 42.6. The van der Waals surface area contributed by atoms with Gasteiger partial charge >= 0.3 is 0 Å². The lowest BCUT2D eigenvalue weighted by Gasteiger charge is -2.32. The van der Waals surface area contributed by atoms with E-state index in [1.807, 2.05) is 26.1 Å². The van der Waals surface area contributed by atoms with Crippen LogP contribution in [0, 0.1) is 23.4 Å². The van der Waals surface area contributed by atoms with Crippen LogP contribution in [0.15, 0.2) is 48.9 Å². The average Bonchev–Trinajstić information content (AvgIpc) is 3.38. The van der Waals surface area contributed by atoms with Crippen molar-refractivity contribution in [2.75, 3.05) is 13.1 Å². The van der Waals surface area contributed by atoms with E-state index in [0.29, 0.717) is 30.5 Å². The van der Waals surface area contributed by atoms with Crippen molar-refractivity contribution in [1.82, 2.24) is 19.4 Å². The van der Waals surface area contributed by atoms with Gasteiger partial charge in [0.15, 0.2) is 11.6 Å². The number of aromatic nitrogens is 3. The molecule has 4 aromatic rings. The van der Waals surface area contributed by atoms with Crippen molar-refractivity contribution in [3.8, 4) is 0 Å². The normalized spacial score (nSPS) is 15.5. The summed E-state index contributed by atoms with van der Waals surface area (Å²) in [5, 5.41) is 0.946. The number of amides is 1. The lowest BCUT2D eigenvalue weighted by molar-refractivity contribution is -0.135. The average molecular weight is 452 g/mol. The third kappa shape index (κ3) is 3.69. The highest BCUT2D eigenvalue weighted by Gasteiger charge is 2.31. The predicted molar refractivity (Wildman–Crippen MR) is 121 cm³/mol. The van der Waals surface area contributed by atoms with Crippen molar-refractivity contribution in [3.63, 3.8) is 0 Å². The summed E-state index contributed by atoms with van der Waals surface area (Å²) in [7, 11) is 0. The van der Waals surface area contributed by atoms with Crippen molar-refractivity contribution < 1.29 is 18.0 Å². The molecule has 0 saturated carbocycles. The zero-order valence-electron chi connectivity index (χ0n) is 18.3. The Labute approximate surface area is 188 Å². The van der Waals surface area contributed by atoms with E-state index in [0.717, 1.165) is 34.2 Å². The highest BCUT2D eigenvalue weighted by atomic mass is 19.2. The zero-order chi connectivity index (χ0) is 23.3. The van der Waals surface area contributed by atoms with Crippen molar-refractivity contribution in [3.05, 3.63) is 71.9 Å². The molecule has 5 nitrogen and oxygen atoms in total. The SMILES string of the molecule is CC(C)C(C(=O)N1CC=C(c2c[nH]c3cc(F)ccc23)CC1)n1cnc2cc(F)c(F)cc21. The van der Waals surface area contributed by atoms with E-state index < -0.39 is 17.7 Å². The predicted octanol–water partition coefficient (Wildman–Crippen LogP) is 5.45. The quantitative estimate of drug-likeness (QED) is 0.448. The van der Waals surface area contributed by atoms with E-state index in [9.17, 15) is 18.0 Å². The largest absolute Gasteiger partial charge is 0.360 e. The van der Waals surface area contributed by atoms with Gasteiger partial charge < -0.3 is 14.5 Å². The topological polar surface area (TPSA) is 53.9 Å². The number of hydrogen-bond donors (Lipinski definition) is 1. The van der Waals surface area contributed by atoms with E-state index in [2.05, 4.69) is 9.97 Å². The van der Waals surface area contributed by atoms with Crippen molar-refractivity contribution in [2.45, 2.75) is 26.3 Å². The third-order valence-corrected chi connectivity index (χ3v) is 6.31. The fourth-order valence-corrected chi connectivity index (χ4v) is 4.63. The molecule has 170 valence electrons. The van der Waals surface area contributed by atoms with E-state index in [4.69, 9.17) is 0 Å². The first-order chi connectivity index (χ1) is 15.8. The maximum absolute atomic E-state index is 13.9. The molecule has 1 aliphatic rings. The zero-order valence-corrected chi connectivity index (χ0v) is 18.3. The molecule has 5 rings (SSSR count). The lowest BCUT2D eigenvalue weighted by Crippen LogP contribution is -2.41. The molecular formula is C25H23F3N4O. The van der Waals surface area contributed by atoms with Crippen LogP contribution in [0.2, 0.25) is 0 Å². The Balaban J connectivity index is 1.42. The minimum Gasteiger partial charge on any atom is -0.360 e. The van der Waals surface area contributed by atoms with Crippen LogP contribution >= 0.6 is 0 Å². The molecule has 0 fully saturated rings. The second-order valence-corrected chi connectivity index (χ2v) is 8.75. The molecule has 0 bridgehead atoms. The first-order valence-corrected chi connectivity index (χ1v) is 10.9. The fourth-order valence-electron chi connectivity index (χ4n) is 4.63. The molecule has 0 aliphatic carbocycles.